The summed E-state index contributed by atoms with van der Waals surface area (Å²) >= 11 is 1.68. The van der Waals surface area contributed by atoms with Crippen LogP contribution in [0.1, 0.15) is 13.8 Å². The summed E-state index contributed by atoms with van der Waals surface area (Å²) in [5, 5.41) is 0. The topological polar surface area (TPSA) is 26.3 Å². The van der Waals surface area contributed by atoms with E-state index in [0.717, 1.165) is 11.3 Å². The molecule has 1 rings (SSSR count). The highest BCUT2D eigenvalue weighted by atomic mass is 32.2. The van der Waals surface area contributed by atoms with Gasteiger partial charge in [0.2, 0.25) is 0 Å². The first kappa shape index (κ1) is 12.8. The van der Waals surface area contributed by atoms with Crippen molar-refractivity contribution in [3.63, 3.8) is 0 Å². The SMILES string of the molecule is CC(C)=CC(=O)OCCSc1ccccc1. The second-order valence-corrected chi connectivity index (χ2v) is 4.72. The van der Waals surface area contributed by atoms with Gasteiger partial charge in [-0.1, -0.05) is 23.8 Å². The van der Waals surface area contributed by atoms with Crippen molar-refractivity contribution in [2.24, 2.45) is 0 Å². The standard InChI is InChI=1S/C13H16O2S/c1-11(2)10-13(14)15-8-9-16-12-6-4-3-5-7-12/h3-7,10H,8-9H2,1-2H3. The van der Waals surface area contributed by atoms with Crippen molar-refractivity contribution in [3.8, 4) is 0 Å². The number of benzene rings is 1. The molecule has 0 spiro atoms. The fourth-order valence-corrected chi connectivity index (χ4v) is 1.85. The lowest BCUT2D eigenvalue weighted by Gasteiger charge is -2.02. The van der Waals surface area contributed by atoms with Crippen LogP contribution in [0.4, 0.5) is 0 Å². The van der Waals surface area contributed by atoms with Gasteiger partial charge in [-0.25, -0.2) is 4.79 Å². The largest absolute Gasteiger partial charge is 0.462 e. The Morgan fingerprint density at radius 2 is 2.00 bits per heavy atom. The van der Waals surface area contributed by atoms with Gasteiger partial charge in [-0.3, -0.25) is 0 Å². The number of carbonyl (C=O) groups excluding carboxylic acids is 1. The summed E-state index contributed by atoms with van der Waals surface area (Å²) in [5.74, 6) is 0.528. The minimum atomic E-state index is -0.256. The van der Waals surface area contributed by atoms with Crippen LogP contribution in [0.5, 0.6) is 0 Å². The average molecular weight is 236 g/mol. The molecule has 1 aromatic carbocycles. The molecule has 3 heteroatoms. The van der Waals surface area contributed by atoms with Gasteiger partial charge in [-0.15, -0.1) is 11.8 Å². The van der Waals surface area contributed by atoms with E-state index in [-0.39, 0.29) is 5.97 Å². The third-order valence-corrected chi connectivity index (χ3v) is 2.72. The smallest absolute Gasteiger partial charge is 0.330 e. The number of rotatable bonds is 5. The van der Waals surface area contributed by atoms with Crippen molar-refractivity contribution in [1.82, 2.24) is 0 Å². The van der Waals surface area contributed by atoms with Crippen LogP contribution in [-0.2, 0) is 9.53 Å². The number of thioether (sulfide) groups is 1. The van der Waals surface area contributed by atoms with Crippen LogP contribution < -0.4 is 0 Å². The van der Waals surface area contributed by atoms with Gasteiger partial charge in [-0.2, -0.15) is 0 Å². The van der Waals surface area contributed by atoms with Crippen LogP contribution in [0.3, 0.4) is 0 Å². The summed E-state index contributed by atoms with van der Waals surface area (Å²) in [4.78, 5) is 12.4. The number of ether oxygens (including phenoxy) is 1. The van der Waals surface area contributed by atoms with Gasteiger partial charge in [0.05, 0.1) is 0 Å². The maximum absolute atomic E-state index is 11.2. The summed E-state index contributed by atoms with van der Waals surface area (Å²) in [6.07, 6.45) is 1.51. The van der Waals surface area contributed by atoms with E-state index >= 15 is 0 Å². The van der Waals surface area contributed by atoms with E-state index in [4.69, 9.17) is 4.74 Å². The molecule has 0 saturated carbocycles. The van der Waals surface area contributed by atoms with E-state index in [1.54, 1.807) is 11.8 Å². The molecular formula is C13H16O2S. The minimum Gasteiger partial charge on any atom is -0.462 e. The van der Waals surface area contributed by atoms with E-state index in [0.29, 0.717) is 6.61 Å². The van der Waals surface area contributed by atoms with Crippen LogP contribution in [0.2, 0.25) is 0 Å². The Morgan fingerprint density at radius 3 is 2.62 bits per heavy atom. The second kappa shape index (κ2) is 7.12. The molecule has 0 aliphatic heterocycles. The molecule has 1 aromatic rings. The minimum absolute atomic E-state index is 0.256. The van der Waals surface area contributed by atoms with Gasteiger partial charge in [0.25, 0.3) is 0 Å². The molecule has 0 fully saturated rings. The first-order valence-electron chi connectivity index (χ1n) is 5.18. The van der Waals surface area contributed by atoms with Gasteiger partial charge in [0, 0.05) is 16.7 Å². The fraction of sp³-hybridized carbons (Fsp3) is 0.308. The Kier molecular flexibility index (Phi) is 5.72. The van der Waals surface area contributed by atoms with E-state index < -0.39 is 0 Å². The van der Waals surface area contributed by atoms with Gasteiger partial charge in [-0.05, 0) is 26.0 Å². The van der Waals surface area contributed by atoms with E-state index in [9.17, 15) is 4.79 Å². The van der Waals surface area contributed by atoms with Gasteiger partial charge in [0.1, 0.15) is 6.61 Å². The van der Waals surface area contributed by atoms with Crippen LogP contribution in [0.15, 0.2) is 46.9 Å². The van der Waals surface area contributed by atoms with E-state index in [1.165, 1.54) is 11.0 Å². The second-order valence-electron chi connectivity index (χ2n) is 3.55. The zero-order valence-electron chi connectivity index (χ0n) is 9.60. The van der Waals surface area contributed by atoms with Crippen LogP contribution >= 0.6 is 11.8 Å². The van der Waals surface area contributed by atoms with Crippen LogP contribution in [-0.4, -0.2) is 18.3 Å². The van der Waals surface area contributed by atoms with Crippen LogP contribution in [0, 0.1) is 0 Å². The first-order valence-corrected chi connectivity index (χ1v) is 6.16. The number of hydrogen-bond acceptors (Lipinski definition) is 3. The summed E-state index contributed by atoms with van der Waals surface area (Å²) in [5.41, 5.74) is 0.959. The van der Waals surface area contributed by atoms with Crippen molar-refractivity contribution in [2.45, 2.75) is 18.7 Å². The van der Waals surface area contributed by atoms with Gasteiger partial charge in [0.15, 0.2) is 0 Å². The Labute approximate surface area is 101 Å². The van der Waals surface area contributed by atoms with Crippen molar-refractivity contribution in [3.05, 3.63) is 42.0 Å². The highest BCUT2D eigenvalue weighted by Crippen LogP contribution is 2.16. The summed E-state index contributed by atoms with van der Waals surface area (Å²) in [6.45, 7) is 4.20. The fourth-order valence-electron chi connectivity index (χ4n) is 1.10. The third-order valence-electron chi connectivity index (χ3n) is 1.75. The Hall–Kier alpha value is -1.22. The van der Waals surface area contributed by atoms with Crippen molar-refractivity contribution in [2.75, 3.05) is 12.4 Å². The maximum atomic E-state index is 11.2. The highest BCUT2D eigenvalue weighted by molar-refractivity contribution is 7.99. The predicted molar refractivity (Wildman–Crippen MR) is 67.6 cm³/mol. The molecule has 16 heavy (non-hydrogen) atoms. The van der Waals surface area contributed by atoms with Crippen molar-refractivity contribution < 1.29 is 9.53 Å². The normalized spacial score (nSPS) is 9.62. The molecule has 0 amide bonds. The molecule has 0 N–H and O–H groups in total. The maximum Gasteiger partial charge on any atom is 0.330 e. The summed E-state index contributed by atoms with van der Waals surface area (Å²) in [6, 6.07) is 10.1. The molecule has 0 aromatic heterocycles. The highest BCUT2D eigenvalue weighted by Gasteiger charge is 1.98. The number of allylic oxidation sites excluding steroid dienone is 1. The predicted octanol–water partition coefficient (Wildman–Crippen LogP) is 3.29. The lowest BCUT2D eigenvalue weighted by atomic mass is 10.3. The molecule has 0 aliphatic rings. The zero-order chi connectivity index (χ0) is 11.8. The Balaban J connectivity index is 2.18. The van der Waals surface area contributed by atoms with Gasteiger partial charge >= 0.3 is 5.97 Å². The molecule has 86 valence electrons. The van der Waals surface area contributed by atoms with Crippen molar-refractivity contribution in [1.29, 1.82) is 0 Å². The molecule has 2 nitrogen and oxygen atoms in total. The quantitative estimate of drug-likeness (QED) is 0.339. The summed E-state index contributed by atoms with van der Waals surface area (Å²) < 4.78 is 5.04. The molecular weight excluding hydrogens is 220 g/mol. The Morgan fingerprint density at radius 1 is 1.31 bits per heavy atom. The van der Waals surface area contributed by atoms with E-state index in [2.05, 4.69) is 0 Å². The molecule has 0 atom stereocenters. The number of hydrogen-bond donors (Lipinski definition) is 0. The number of esters is 1. The first-order chi connectivity index (χ1) is 7.68. The summed E-state index contributed by atoms with van der Waals surface area (Å²) in [7, 11) is 0. The molecule has 0 bridgehead atoms. The zero-order valence-corrected chi connectivity index (χ0v) is 10.4. The monoisotopic (exact) mass is 236 g/mol. The molecule has 0 unspecified atom stereocenters. The number of carbonyl (C=O) groups is 1. The average Bonchev–Trinajstić information content (AvgIpc) is 2.25. The molecule has 0 saturated heterocycles. The van der Waals surface area contributed by atoms with Gasteiger partial charge < -0.3 is 4.74 Å². The van der Waals surface area contributed by atoms with Crippen molar-refractivity contribution >= 4 is 17.7 Å². The molecule has 0 heterocycles. The molecule has 0 radical (unpaired) electrons. The lowest BCUT2D eigenvalue weighted by molar-refractivity contribution is -0.137. The lowest BCUT2D eigenvalue weighted by Crippen LogP contribution is -2.04. The van der Waals surface area contributed by atoms with E-state index in [1.807, 2.05) is 44.2 Å². The van der Waals surface area contributed by atoms with Crippen LogP contribution in [0.25, 0.3) is 0 Å². The third kappa shape index (κ3) is 5.61. The Bertz CT molecular complexity index is 353. The molecule has 0 aliphatic carbocycles.